The maximum atomic E-state index is 13.2. The summed E-state index contributed by atoms with van der Waals surface area (Å²) in [5.74, 6) is 2.55. The van der Waals surface area contributed by atoms with Crippen LogP contribution < -0.4 is 11.0 Å². The first-order chi connectivity index (χ1) is 13.6. The maximum absolute atomic E-state index is 13.2. The van der Waals surface area contributed by atoms with Gasteiger partial charge in [0.25, 0.3) is 0 Å². The summed E-state index contributed by atoms with van der Waals surface area (Å²) in [4.78, 5) is 22.7. The van der Waals surface area contributed by atoms with E-state index < -0.39 is 0 Å². The molecule has 1 aromatic rings. The number of rotatable bonds is 5. The van der Waals surface area contributed by atoms with Crippen LogP contribution in [0.4, 0.5) is 10.2 Å². The van der Waals surface area contributed by atoms with Crippen molar-refractivity contribution in [2.24, 2.45) is 0 Å². The molecule has 1 fully saturated rings. The number of imidazole rings is 1. The third-order valence-corrected chi connectivity index (χ3v) is 5.93. The minimum Gasteiger partial charge on any atom is -0.365 e. The average Bonchev–Trinajstić information content (AvgIpc) is 3.24. The Morgan fingerprint density at radius 2 is 2.00 bits per heavy atom. The molecule has 0 saturated heterocycles. The van der Waals surface area contributed by atoms with Crippen LogP contribution >= 0.6 is 0 Å². The van der Waals surface area contributed by atoms with Crippen LogP contribution in [0.2, 0.25) is 0 Å². The Bertz CT molecular complexity index is 1030. The fourth-order valence-electron chi connectivity index (χ4n) is 4.23. The van der Waals surface area contributed by atoms with Gasteiger partial charge in [-0.15, -0.1) is 0 Å². The highest BCUT2D eigenvalue weighted by Crippen LogP contribution is 2.38. The molecule has 0 amide bonds. The number of hydrogen-bond donors (Lipinski definition) is 1. The predicted molar refractivity (Wildman–Crippen MR) is 105 cm³/mol. The van der Waals surface area contributed by atoms with Gasteiger partial charge in [0.2, 0.25) is 0 Å². The van der Waals surface area contributed by atoms with Gasteiger partial charge in [0.15, 0.2) is 5.82 Å². The number of anilines is 1. The van der Waals surface area contributed by atoms with Crippen molar-refractivity contribution in [3.63, 3.8) is 0 Å². The van der Waals surface area contributed by atoms with Crippen LogP contribution in [0, 0.1) is 5.82 Å². The third-order valence-electron chi connectivity index (χ3n) is 5.93. The molecular weight excluding hydrogens is 357 g/mol. The highest BCUT2D eigenvalue weighted by Gasteiger charge is 2.33. The Balaban J connectivity index is 1.52. The molecule has 0 radical (unpaired) electrons. The summed E-state index contributed by atoms with van der Waals surface area (Å²) in [6.07, 6.45) is 5.07. The van der Waals surface area contributed by atoms with Crippen molar-refractivity contribution in [1.82, 2.24) is 19.1 Å². The molecule has 6 nitrogen and oxygen atoms in total. The minimum atomic E-state index is -0.236. The molecule has 5 rings (SSSR count). The van der Waals surface area contributed by atoms with Gasteiger partial charge in [-0.1, -0.05) is 25.5 Å². The molecule has 1 aromatic carbocycles. The SMILES string of the molecule is CCCn1c2nc(C3CCC3)nc-2c2n(c1=O)C[C@@H](Cc1ccc(F)cc1)N2. The molecule has 0 spiro atoms. The van der Waals surface area contributed by atoms with Crippen molar-refractivity contribution in [3.8, 4) is 11.5 Å². The van der Waals surface area contributed by atoms with Crippen LogP contribution in [-0.4, -0.2) is 25.1 Å². The fraction of sp³-hybridized carbons (Fsp3) is 0.476. The van der Waals surface area contributed by atoms with Crippen molar-refractivity contribution in [2.75, 3.05) is 5.32 Å². The van der Waals surface area contributed by atoms with Crippen molar-refractivity contribution in [3.05, 3.63) is 52.0 Å². The van der Waals surface area contributed by atoms with E-state index in [9.17, 15) is 9.18 Å². The fourth-order valence-corrected chi connectivity index (χ4v) is 4.23. The van der Waals surface area contributed by atoms with Crippen LogP contribution in [0.1, 0.15) is 49.9 Å². The van der Waals surface area contributed by atoms with Gasteiger partial charge in [0.1, 0.15) is 23.2 Å². The molecule has 3 heterocycles. The zero-order valence-electron chi connectivity index (χ0n) is 16.0. The highest BCUT2D eigenvalue weighted by atomic mass is 19.1. The standard InChI is InChI=1S/C21H24FN5O/c1-2-10-26-20-17(24-18(25-20)14-4-3-5-14)19-23-16(12-27(19)21(26)28)11-13-6-8-15(22)9-7-13/h6-9,14,16,23H,2-5,10-12H2,1H3/t16-/m1/s1. The molecule has 0 bridgehead atoms. The number of halogens is 1. The summed E-state index contributed by atoms with van der Waals surface area (Å²) in [5.41, 5.74) is 1.82. The van der Waals surface area contributed by atoms with E-state index in [1.54, 1.807) is 21.3 Å². The van der Waals surface area contributed by atoms with E-state index in [4.69, 9.17) is 9.97 Å². The topological polar surface area (TPSA) is 64.7 Å². The number of nitrogens with zero attached hydrogens (tertiary/aromatic N) is 4. The van der Waals surface area contributed by atoms with Gasteiger partial charge >= 0.3 is 5.69 Å². The summed E-state index contributed by atoms with van der Waals surface area (Å²) >= 11 is 0. The lowest BCUT2D eigenvalue weighted by Gasteiger charge is -2.21. The van der Waals surface area contributed by atoms with Gasteiger partial charge in [-0.05, 0) is 43.4 Å². The monoisotopic (exact) mass is 381 g/mol. The second-order valence-corrected chi connectivity index (χ2v) is 7.95. The molecule has 0 aromatic heterocycles. The van der Waals surface area contributed by atoms with E-state index in [1.165, 1.54) is 18.6 Å². The third kappa shape index (κ3) is 2.80. The molecule has 0 unspecified atom stereocenters. The summed E-state index contributed by atoms with van der Waals surface area (Å²) in [6.45, 7) is 3.28. The van der Waals surface area contributed by atoms with Crippen molar-refractivity contribution in [2.45, 2.75) is 64.1 Å². The normalized spacial score (nSPS) is 18.9. The number of nitrogens with one attached hydrogen (secondary N) is 1. The van der Waals surface area contributed by atoms with E-state index in [-0.39, 0.29) is 17.5 Å². The van der Waals surface area contributed by atoms with Gasteiger partial charge in [-0.2, -0.15) is 0 Å². The summed E-state index contributed by atoms with van der Waals surface area (Å²) in [6, 6.07) is 6.62. The lowest BCUT2D eigenvalue weighted by atomic mass is 9.85. The Hall–Kier alpha value is -2.70. The molecule has 4 aliphatic rings. The van der Waals surface area contributed by atoms with E-state index in [0.717, 1.165) is 48.6 Å². The Labute approximate surface area is 162 Å². The average molecular weight is 381 g/mol. The lowest BCUT2D eigenvalue weighted by molar-refractivity contribution is 0.404. The van der Waals surface area contributed by atoms with E-state index in [0.29, 0.717) is 24.8 Å². The molecule has 1 N–H and O–H groups in total. The summed E-state index contributed by atoms with van der Waals surface area (Å²) in [7, 11) is 0. The summed E-state index contributed by atoms with van der Waals surface area (Å²) in [5, 5.41) is 3.49. The molecule has 28 heavy (non-hydrogen) atoms. The van der Waals surface area contributed by atoms with Crippen LogP contribution in [0.5, 0.6) is 0 Å². The van der Waals surface area contributed by atoms with Gasteiger partial charge in [0.05, 0.1) is 0 Å². The largest absolute Gasteiger partial charge is 0.365 e. The smallest absolute Gasteiger partial charge is 0.331 e. The van der Waals surface area contributed by atoms with Crippen LogP contribution in [0.3, 0.4) is 0 Å². The quantitative estimate of drug-likeness (QED) is 0.736. The van der Waals surface area contributed by atoms with E-state index >= 15 is 0 Å². The maximum Gasteiger partial charge on any atom is 0.331 e. The van der Waals surface area contributed by atoms with E-state index in [2.05, 4.69) is 12.2 Å². The lowest BCUT2D eigenvalue weighted by Crippen LogP contribution is -2.32. The molecule has 1 aliphatic carbocycles. The van der Waals surface area contributed by atoms with Crippen LogP contribution in [0.15, 0.2) is 29.1 Å². The Kier molecular flexibility index (Phi) is 4.18. The number of hydrogen-bond acceptors (Lipinski definition) is 4. The molecular formula is C21H24FN5O. The summed E-state index contributed by atoms with van der Waals surface area (Å²) < 4.78 is 16.8. The van der Waals surface area contributed by atoms with Gasteiger partial charge in [-0.3, -0.25) is 9.13 Å². The van der Waals surface area contributed by atoms with Gasteiger partial charge < -0.3 is 5.32 Å². The Morgan fingerprint density at radius 1 is 1.21 bits per heavy atom. The zero-order chi connectivity index (χ0) is 19.3. The second kappa shape index (κ2) is 6.72. The number of benzene rings is 1. The molecule has 146 valence electrons. The molecule has 1 atom stereocenters. The second-order valence-electron chi connectivity index (χ2n) is 7.95. The van der Waals surface area contributed by atoms with Crippen LogP contribution in [-0.2, 0) is 19.5 Å². The predicted octanol–water partition coefficient (Wildman–Crippen LogP) is 3.40. The van der Waals surface area contributed by atoms with Crippen molar-refractivity contribution in [1.29, 1.82) is 0 Å². The minimum absolute atomic E-state index is 0.0292. The highest BCUT2D eigenvalue weighted by molar-refractivity contribution is 5.70. The van der Waals surface area contributed by atoms with Gasteiger partial charge in [-0.25, -0.2) is 19.2 Å². The van der Waals surface area contributed by atoms with Crippen molar-refractivity contribution < 1.29 is 4.39 Å². The van der Waals surface area contributed by atoms with Gasteiger partial charge in [0, 0.05) is 25.0 Å². The first-order valence-corrected chi connectivity index (χ1v) is 10.2. The first kappa shape index (κ1) is 17.4. The molecule has 3 aliphatic heterocycles. The molecule has 1 saturated carbocycles. The van der Waals surface area contributed by atoms with Crippen LogP contribution in [0.25, 0.3) is 11.5 Å². The van der Waals surface area contributed by atoms with E-state index in [1.807, 2.05) is 0 Å². The Morgan fingerprint density at radius 3 is 2.68 bits per heavy atom. The number of aromatic nitrogens is 4. The zero-order valence-corrected chi connectivity index (χ0v) is 16.0. The molecule has 7 heteroatoms. The number of fused-ring (bicyclic) bond motifs is 3. The van der Waals surface area contributed by atoms with Crippen molar-refractivity contribution >= 4 is 5.82 Å². The first-order valence-electron chi connectivity index (χ1n) is 10.2.